The van der Waals surface area contributed by atoms with Gasteiger partial charge in [-0.2, -0.15) is 0 Å². The molecule has 0 radical (unpaired) electrons. The van der Waals surface area contributed by atoms with Crippen LogP contribution in [0.25, 0.3) is 0 Å². The van der Waals surface area contributed by atoms with E-state index in [0.717, 1.165) is 13.0 Å². The average molecular weight is 303 g/mol. The first-order valence-electron chi connectivity index (χ1n) is 6.80. The molecule has 0 saturated carbocycles. The van der Waals surface area contributed by atoms with Crippen LogP contribution >= 0.6 is 12.8 Å². The molecule has 0 atom stereocenters. The minimum atomic E-state index is 0.0347. The summed E-state index contributed by atoms with van der Waals surface area (Å²) in [5, 5.41) is 8.88. The monoisotopic (exact) mass is 303 g/mol. The summed E-state index contributed by atoms with van der Waals surface area (Å²) in [6.45, 7) is 1.04. The van der Waals surface area contributed by atoms with Crippen molar-refractivity contribution in [1.29, 1.82) is 0 Å². The number of aldehydes is 1. The molecule has 0 unspecified atom stereocenters. The van der Waals surface area contributed by atoms with Crippen molar-refractivity contribution in [2.24, 2.45) is 0 Å². The van der Waals surface area contributed by atoms with E-state index in [9.17, 15) is 4.79 Å². The van der Waals surface area contributed by atoms with E-state index in [1.54, 1.807) is 18.2 Å². The van der Waals surface area contributed by atoms with Crippen LogP contribution in [0.2, 0.25) is 0 Å². The van der Waals surface area contributed by atoms with Crippen molar-refractivity contribution in [1.82, 2.24) is 4.31 Å². The fourth-order valence-electron chi connectivity index (χ4n) is 1.74. The van der Waals surface area contributed by atoms with Crippen molar-refractivity contribution in [3.63, 3.8) is 0 Å². The number of carbonyl (C=O) groups excluding carboxylic acids is 1. The van der Waals surface area contributed by atoms with Gasteiger partial charge in [-0.3, -0.25) is 9.10 Å². The number of hydrogen-bond acceptors (Lipinski definition) is 4. The van der Waals surface area contributed by atoms with Crippen LogP contribution in [0.5, 0.6) is 5.75 Å². The largest absolute Gasteiger partial charge is 0.507 e. The Labute approximate surface area is 131 Å². The highest BCUT2D eigenvalue weighted by atomic mass is 32.1. The number of thiol groups is 1. The average Bonchev–Trinajstić information content (AvgIpc) is 2.49. The number of phenols is 1. The molecule has 0 spiro atoms. The van der Waals surface area contributed by atoms with Crippen molar-refractivity contribution >= 4 is 19.1 Å². The van der Waals surface area contributed by atoms with Gasteiger partial charge in [0.2, 0.25) is 0 Å². The van der Waals surface area contributed by atoms with Crippen LogP contribution in [0.15, 0.2) is 54.6 Å². The summed E-state index contributed by atoms with van der Waals surface area (Å²) >= 11 is 4.18. The van der Waals surface area contributed by atoms with E-state index in [0.29, 0.717) is 11.8 Å². The number of benzene rings is 2. The predicted molar refractivity (Wildman–Crippen MR) is 89.9 cm³/mol. The fourth-order valence-corrected chi connectivity index (χ4v) is 1.89. The number of para-hydroxylation sites is 1. The topological polar surface area (TPSA) is 40.5 Å². The molecule has 112 valence electrons. The van der Waals surface area contributed by atoms with E-state index in [2.05, 4.69) is 37.1 Å². The third-order valence-electron chi connectivity index (χ3n) is 2.85. The van der Waals surface area contributed by atoms with Crippen molar-refractivity contribution in [3.05, 3.63) is 65.7 Å². The van der Waals surface area contributed by atoms with Crippen LogP contribution in [-0.2, 0) is 6.42 Å². The molecule has 4 heteroatoms. The number of rotatable bonds is 5. The highest BCUT2D eigenvalue weighted by Crippen LogP contribution is 2.11. The zero-order chi connectivity index (χ0) is 15.5. The van der Waals surface area contributed by atoms with Gasteiger partial charge in [-0.1, -0.05) is 55.3 Å². The molecule has 0 aliphatic heterocycles. The quantitative estimate of drug-likeness (QED) is 0.655. The van der Waals surface area contributed by atoms with Gasteiger partial charge < -0.3 is 5.11 Å². The molecule has 21 heavy (non-hydrogen) atoms. The second-order valence-electron chi connectivity index (χ2n) is 4.65. The molecule has 2 aromatic carbocycles. The Hall–Kier alpha value is -1.78. The van der Waals surface area contributed by atoms with Gasteiger partial charge >= 0.3 is 0 Å². The summed E-state index contributed by atoms with van der Waals surface area (Å²) in [7, 11) is 1.98. The summed E-state index contributed by atoms with van der Waals surface area (Å²) in [5.74, 6) is 0.0347. The van der Waals surface area contributed by atoms with Crippen molar-refractivity contribution in [2.45, 2.75) is 12.8 Å². The molecular formula is C17H21NO2S. The molecule has 0 aliphatic carbocycles. The number of hydrogen-bond donors (Lipinski definition) is 2. The molecule has 0 saturated heterocycles. The highest BCUT2D eigenvalue weighted by Gasteiger charge is 1.93. The molecule has 2 rings (SSSR count). The van der Waals surface area contributed by atoms with Crippen molar-refractivity contribution in [3.8, 4) is 5.75 Å². The lowest BCUT2D eigenvalue weighted by molar-refractivity contribution is 0.112. The van der Waals surface area contributed by atoms with Gasteiger partial charge in [0.05, 0.1) is 5.56 Å². The van der Waals surface area contributed by atoms with Gasteiger partial charge in [-0.25, -0.2) is 0 Å². The number of aryl methyl sites for hydroxylation is 1. The lowest BCUT2D eigenvalue weighted by atomic mass is 10.1. The minimum Gasteiger partial charge on any atom is -0.507 e. The first-order chi connectivity index (χ1) is 10.1. The zero-order valence-electron chi connectivity index (χ0n) is 12.1. The Morgan fingerprint density at radius 2 is 1.71 bits per heavy atom. The first-order valence-corrected chi connectivity index (χ1v) is 7.20. The van der Waals surface area contributed by atoms with E-state index < -0.39 is 0 Å². The van der Waals surface area contributed by atoms with Gasteiger partial charge in [0, 0.05) is 6.54 Å². The van der Waals surface area contributed by atoms with Crippen molar-refractivity contribution < 1.29 is 9.90 Å². The molecule has 2 aromatic rings. The smallest absolute Gasteiger partial charge is 0.153 e. The maximum Gasteiger partial charge on any atom is 0.153 e. The van der Waals surface area contributed by atoms with E-state index in [1.807, 2.05) is 17.4 Å². The number of nitrogens with zero attached hydrogens (tertiary/aromatic N) is 1. The van der Waals surface area contributed by atoms with Gasteiger partial charge in [0.1, 0.15) is 5.75 Å². The molecule has 0 heterocycles. The fraction of sp³-hybridized carbons (Fsp3) is 0.235. The van der Waals surface area contributed by atoms with Gasteiger partial charge in [-0.05, 0) is 37.6 Å². The van der Waals surface area contributed by atoms with Crippen LogP contribution in [0.3, 0.4) is 0 Å². The van der Waals surface area contributed by atoms with Gasteiger partial charge in [0.25, 0.3) is 0 Å². The molecule has 0 aliphatic rings. The normalized spacial score (nSPS) is 9.86. The summed E-state index contributed by atoms with van der Waals surface area (Å²) in [4.78, 5) is 10.1. The summed E-state index contributed by atoms with van der Waals surface area (Å²) in [5.41, 5.74) is 1.74. The number of phenolic OH excluding ortho intramolecular Hbond substituents is 1. The molecule has 0 aromatic heterocycles. The van der Waals surface area contributed by atoms with E-state index in [1.165, 1.54) is 18.1 Å². The van der Waals surface area contributed by atoms with Crippen LogP contribution in [0.4, 0.5) is 0 Å². The predicted octanol–water partition coefficient (Wildman–Crippen LogP) is 3.60. The van der Waals surface area contributed by atoms with Crippen LogP contribution in [0.1, 0.15) is 22.3 Å². The minimum absolute atomic E-state index is 0.0347. The first kappa shape index (κ1) is 17.3. The van der Waals surface area contributed by atoms with Gasteiger partial charge in [0.15, 0.2) is 6.29 Å². The SMILES string of the molecule is CN(S)CCCc1ccccc1.O=Cc1ccccc1O. The summed E-state index contributed by atoms with van der Waals surface area (Å²) < 4.78 is 1.92. The Morgan fingerprint density at radius 1 is 1.10 bits per heavy atom. The van der Waals surface area contributed by atoms with Crippen LogP contribution in [0, 0.1) is 0 Å². The van der Waals surface area contributed by atoms with Crippen molar-refractivity contribution in [2.75, 3.05) is 13.6 Å². The Kier molecular flexibility index (Phi) is 8.24. The Morgan fingerprint density at radius 3 is 2.24 bits per heavy atom. The van der Waals surface area contributed by atoms with Crippen LogP contribution < -0.4 is 0 Å². The molecule has 0 fully saturated rings. The Balaban J connectivity index is 0.000000219. The van der Waals surface area contributed by atoms with E-state index in [-0.39, 0.29) is 5.75 Å². The third kappa shape index (κ3) is 7.54. The maximum atomic E-state index is 10.1. The van der Waals surface area contributed by atoms with Gasteiger partial charge in [-0.15, -0.1) is 0 Å². The van der Waals surface area contributed by atoms with E-state index in [4.69, 9.17) is 5.11 Å². The second-order valence-corrected chi connectivity index (χ2v) is 5.33. The van der Waals surface area contributed by atoms with Crippen LogP contribution in [-0.4, -0.2) is 29.3 Å². The summed E-state index contributed by atoms with van der Waals surface area (Å²) in [6.07, 6.45) is 2.94. The highest BCUT2D eigenvalue weighted by molar-refractivity contribution is 7.77. The standard InChI is InChI=1S/C10H15NS.C7H6O2/c1-11(12)9-5-8-10-6-3-2-4-7-10;8-5-6-3-1-2-4-7(6)9/h2-4,6-7,12H,5,8-9H2,1H3;1-5,9H. The molecule has 0 amide bonds. The zero-order valence-corrected chi connectivity index (χ0v) is 13.0. The second kappa shape index (κ2) is 10.0. The third-order valence-corrected chi connectivity index (χ3v) is 3.05. The maximum absolute atomic E-state index is 10.1. The lowest BCUT2D eigenvalue weighted by Gasteiger charge is -2.07. The lowest BCUT2D eigenvalue weighted by Crippen LogP contribution is -2.07. The molecule has 3 nitrogen and oxygen atoms in total. The Bertz CT molecular complexity index is 529. The number of aromatic hydroxyl groups is 1. The molecular weight excluding hydrogens is 282 g/mol. The number of carbonyl (C=O) groups is 1. The van der Waals surface area contributed by atoms with E-state index >= 15 is 0 Å². The molecule has 1 N–H and O–H groups in total. The summed E-state index contributed by atoms with van der Waals surface area (Å²) in [6, 6.07) is 16.9. The molecule has 0 bridgehead atoms.